The lowest BCUT2D eigenvalue weighted by Gasteiger charge is -2.44. The van der Waals surface area contributed by atoms with Gasteiger partial charge in [-0.3, -0.25) is 4.79 Å². The van der Waals surface area contributed by atoms with Crippen LogP contribution in [0.5, 0.6) is 11.5 Å². The molecule has 0 N–H and O–H groups in total. The third-order valence-corrected chi connectivity index (χ3v) is 7.35. The van der Waals surface area contributed by atoms with Gasteiger partial charge < -0.3 is 9.64 Å². The second-order valence-corrected chi connectivity index (χ2v) is 10.1. The SMILES string of the molecule is CS(=O)(=O)C1CC(N2CCc3c(Oc4ccc(C(F)(F)F)cc4)cccc3C2=O)C1. The van der Waals surface area contributed by atoms with Crippen LogP contribution in [0.2, 0.25) is 0 Å². The van der Waals surface area contributed by atoms with Gasteiger partial charge in [0.05, 0.1) is 10.8 Å². The molecule has 0 unspecified atom stereocenters. The topological polar surface area (TPSA) is 63.7 Å². The summed E-state index contributed by atoms with van der Waals surface area (Å²) in [6.45, 7) is 0.445. The van der Waals surface area contributed by atoms with Gasteiger partial charge in [-0.05, 0) is 55.7 Å². The zero-order valence-electron chi connectivity index (χ0n) is 16.1. The summed E-state index contributed by atoms with van der Waals surface area (Å²) in [6.07, 6.45) is -1.79. The van der Waals surface area contributed by atoms with Crippen LogP contribution in [0, 0.1) is 0 Å². The van der Waals surface area contributed by atoms with Gasteiger partial charge in [0, 0.05) is 30.0 Å². The van der Waals surface area contributed by atoms with Crippen molar-refractivity contribution in [2.75, 3.05) is 12.8 Å². The molecule has 0 radical (unpaired) electrons. The molecule has 30 heavy (non-hydrogen) atoms. The van der Waals surface area contributed by atoms with E-state index in [9.17, 15) is 26.4 Å². The molecule has 0 aromatic heterocycles. The maximum atomic E-state index is 13.0. The lowest BCUT2D eigenvalue weighted by molar-refractivity contribution is -0.137. The largest absolute Gasteiger partial charge is 0.457 e. The number of hydrogen-bond donors (Lipinski definition) is 0. The fraction of sp³-hybridized carbons (Fsp3) is 0.381. The quantitative estimate of drug-likeness (QED) is 0.721. The maximum Gasteiger partial charge on any atom is 0.416 e. The van der Waals surface area contributed by atoms with Gasteiger partial charge in [-0.2, -0.15) is 13.2 Å². The third-order valence-electron chi connectivity index (χ3n) is 5.75. The van der Waals surface area contributed by atoms with Crippen LogP contribution in [0.3, 0.4) is 0 Å². The van der Waals surface area contributed by atoms with Crippen LogP contribution in [-0.4, -0.2) is 43.3 Å². The number of fused-ring (bicyclic) bond motifs is 1. The first-order valence-corrected chi connectivity index (χ1v) is 11.5. The standard InChI is InChI=1S/C21H20F3NO4S/c1-30(27,28)16-11-14(12-16)25-10-9-17-18(20(25)26)3-2-4-19(17)29-15-7-5-13(6-8-15)21(22,23)24/h2-8,14,16H,9-12H2,1H3. The minimum Gasteiger partial charge on any atom is -0.457 e. The highest BCUT2D eigenvalue weighted by molar-refractivity contribution is 7.91. The number of amides is 1. The predicted molar refractivity (Wildman–Crippen MR) is 104 cm³/mol. The summed E-state index contributed by atoms with van der Waals surface area (Å²) in [4.78, 5) is 14.7. The Kier molecular flexibility index (Phi) is 5.04. The number of rotatable bonds is 4. The summed E-state index contributed by atoms with van der Waals surface area (Å²) in [6, 6.07) is 9.35. The Bertz CT molecular complexity index is 1070. The molecule has 0 saturated heterocycles. The van der Waals surface area contributed by atoms with E-state index in [1.807, 2.05) is 0 Å². The van der Waals surface area contributed by atoms with Crippen LogP contribution >= 0.6 is 0 Å². The zero-order valence-corrected chi connectivity index (χ0v) is 17.0. The van der Waals surface area contributed by atoms with E-state index in [-0.39, 0.29) is 17.7 Å². The lowest BCUT2D eigenvalue weighted by atomic mass is 9.87. The van der Waals surface area contributed by atoms with Crippen molar-refractivity contribution in [3.8, 4) is 11.5 Å². The van der Waals surface area contributed by atoms with E-state index in [2.05, 4.69) is 0 Å². The second-order valence-electron chi connectivity index (χ2n) is 7.73. The second kappa shape index (κ2) is 7.30. The Labute approximate surface area is 172 Å². The molecule has 9 heteroatoms. The summed E-state index contributed by atoms with van der Waals surface area (Å²) < 4.78 is 67.2. The molecule has 0 spiro atoms. The predicted octanol–water partition coefficient (Wildman–Crippen LogP) is 4.07. The first kappa shape index (κ1) is 20.7. The molecule has 1 saturated carbocycles. The number of alkyl halides is 3. The molecule has 1 amide bonds. The van der Waals surface area contributed by atoms with Gasteiger partial charge in [-0.15, -0.1) is 0 Å². The van der Waals surface area contributed by atoms with Gasteiger partial charge in [-0.1, -0.05) is 6.07 Å². The third kappa shape index (κ3) is 3.90. The van der Waals surface area contributed by atoms with Crippen LogP contribution in [0.4, 0.5) is 13.2 Å². The molecule has 0 bridgehead atoms. The molecule has 2 aromatic rings. The average molecular weight is 439 g/mol. The molecule has 1 aliphatic heterocycles. The number of nitrogens with zero attached hydrogens (tertiary/aromatic N) is 1. The van der Waals surface area contributed by atoms with Crippen molar-refractivity contribution in [3.63, 3.8) is 0 Å². The first-order chi connectivity index (χ1) is 14.0. The summed E-state index contributed by atoms with van der Waals surface area (Å²) in [5, 5.41) is -0.397. The number of sulfone groups is 1. The molecular formula is C21H20F3NO4S. The van der Waals surface area contributed by atoms with Crippen molar-refractivity contribution in [1.29, 1.82) is 0 Å². The maximum absolute atomic E-state index is 13.0. The highest BCUT2D eigenvalue weighted by Crippen LogP contribution is 2.37. The molecule has 160 valence electrons. The van der Waals surface area contributed by atoms with Crippen molar-refractivity contribution in [2.24, 2.45) is 0 Å². The fourth-order valence-electron chi connectivity index (χ4n) is 3.94. The smallest absolute Gasteiger partial charge is 0.416 e. The summed E-state index contributed by atoms with van der Waals surface area (Å²) in [5.41, 5.74) is 0.426. The molecule has 2 aliphatic rings. The normalized spacial score (nSPS) is 21.7. The summed E-state index contributed by atoms with van der Waals surface area (Å²) >= 11 is 0. The minimum atomic E-state index is -4.42. The van der Waals surface area contributed by atoms with Crippen molar-refractivity contribution in [1.82, 2.24) is 4.90 Å². The minimum absolute atomic E-state index is 0.0927. The molecule has 4 rings (SSSR count). The van der Waals surface area contributed by atoms with Crippen LogP contribution in [0.25, 0.3) is 0 Å². The van der Waals surface area contributed by atoms with E-state index in [0.29, 0.717) is 42.7 Å². The van der Waals surface area contributed by atoms with E-state index in [0.717, 1.165) is 12.1 Å². The summed E-state index contributed by atoms with van der Waals surface area (Å²) in [5.74, 6) is 0.509. The molecule has 1 aliphatic carbocycles. The van der Waals surface area contributed by atoms with Gasteiger partial charge in [-0.25, -0.2) is 8.42 Å². The number of ether oxygens (including phenoxy) is 1. The molecule has 1 heterocycles. The number of benzene rings is 2. The van der Waals surface area contributed by atoms with E-state index < -0.39 is 26.8 Å². The monoisotopic (exact) mass is 439 g/mol. The Balaban J connectivity index is 1.51. The highest BCUT2D eigenvalue weighted by Gasteiger charge is 2.42. The molecule has 5 nitrogen and oxygen atoms in total. The van der Waals surface area contributed by atoms with Gasteiger partial charge in [0.1, 0.15) is 21.3 Å². The Morgan fingerprint density at radius 2 is 1.73 bits per heavy atom. The number of carbonyl (C=O) groups is 1. The van der Waals surface area contributed by atoms with Gasteiger partial charge in [0.15, 0.2) is 0 Å². The summed E-state index contributed by atoms with van der Waals surface area (Å²) in [7, 11) is -3.10. The number of carbonyl (C=O) groups excluding carboxylic acids is 1. The zero-order chi connectivity index (χ0) is 21.7. The van der Waals surface area contributed by atoms with E-state index in [1.54, 1.807) is 23.1 Å². The molecule has 1 fully saturated rings. The van der Waals surface area contributed by atoms with E-state index in [1.165, 1.54) is 18.4 Å². The van der Waals surface area contributed by atoms with Crippen molar-refractivity contribution in [3.05, 3.63) is 59.2 Å². The Morgan fingerprint density at radius 1 is 1.07 bits per heavy atom. The molecular weight excluding hydrogens is 419 g/mol. The molecule has 2 aromatic carbocycles. The average Bonchev–Trinajstić information content (AvgIpc) is 2.61. The van der Waals surface area contributed by atoms with Gasteiger partial charge >= 0.3 is 6.18 Å². The van der Waals surface area contributed by atoms with Gasteiger partial charge in [0.25, 0.3) is 5.91 Å². The van der Waals surface area contributed by atoms with Crippen molar-refractivity contribution >= 4 is 15.7 Å². The Hall–Kier alpha value is -2.55. The first-order valence-electron chi connectivity index (χ1n) is 9.51. The number of halogens is 3. The van der Waals surface area contributed by atoms with Crippen molar-refractivity contribution in [2.45, 2.75) is 36.7 Å². The van der Waals surface area contributed by atoms with Crippen molar-refractivity contribution < 1.29 is 31.1 Å². The fourth-order valence-corrected chi connectivity index (χ4v) is 5.08. The van der Waals surface area contributed by atoms with E-state index in [4.69, 9.17) is 4.74 Å². The van der Waals surface area contributed by atoms with Crippen LogP contribution in [0.1, 0.15) is 34.3 Å². The van der Waals surface area contributed by atoms with Gasteiger partial charge in [0.2, 0.25) is 0 Å². The van der Waals surface area contributed by atoms with Crippen LogP contribution in [0.15, 0.2) is 42.5 Å². The van der Waals surface area contributed by atoms with Crippen LogP contribution in [-0.2, 0) is 22.4 Å². The van der Waals surface area contributed by atoms with E-state index >= 15 is 0 Å². The Morgan fingerprint density at radius 3 is 2.33 bits per heavy atom. The molecule has 0 atom stereocenters. The highest BCUT2D eigenvalue weighted by atomic mass is 32.2. The lowest BCUT2D eigenvalue weighted by Crippen LogP contribution is -2.54. The number of hydrogen-bond acceptors (Lipinski definition) is 4. The van der Waals surface area contributed by atoms with Crippen LogP contribution < -0.4 is 4.74 Å².